The molecule has 28 heavy (non-hydrogen) atoms. The van der Waals surface area contributed by atoms with Crippen molar-refractivity contribution in [3.8, 4) is 0 Å². The largest absolute Gasteiger partial charge is 0.381 e. The van der Waals surface area contributed by atoms with Crippen LogP contribution in [-0.2, 0) is 11.2 Å². The van der Waals surface area contributed by atoms with E-state index in [2.05, 4.69) is 0 Å². The summed E-state index contributed by atoms with van der Waals surface area (Å²) in [5.74, 6) is -2.41. The van der Waals surface area contributed by atoms with Crippen LogP contribution in [0.5, 0.6) is 0 Å². The number of rotatable bonds is 8. The topological polar surface area (TPSA) is 30.7 Å². The zero-order valence-electron chi connectivity index (χ0n) is 16.1. The number of pyridine rings is 1. The minimum atomic E-state index is -2.52. The van der Waals surface area contributed by atoms with Gasteiger partial charge in [-0.2, -0.15) is 0 Å². The second-order valence-electron chi connectivity index (χ2n) is 7.37. The van der Waals surface area contributed by atoms with Crippen molar-refractivity contribution in [1.82, 2.24) is 4.40 Å². The predicted molar refractivity (Wildman–Crippen MR) is 108 cm³/mol. The summed E-state index contributed by atoms with van der Waals surface area (Å²) in [6, 6.07) is 5.49. The number of allylic oxidation sites excluding steroid dienone is 2. The lowest BCUT2D eigenvalue weighted by Crippen LogP contribution is -2.24. The van der Waals surface area contributed by atoms with Crippen LogP contribution in [0.2, 0.25) is 5.02 Å². The van der Waals surface area contributed by atoms with E-state index in [0.29, 0.717) is 55.0 Å². The SMILES string of the molecule is CCOCCc1cc(C(=O)/C=C/CC2CCC(F)(F)CC2)c2c(Cl)cccn12. The molecule has 0 unspecified atom stereocenters. The van der Waals surface area contributed by atoms with E-state index in [-0.39, 0.29) is 24.5 Å². The fourth-order valence-electron chi connectivity index (χ4n) is 3.78. The van der Waals surface area contributed by atoms with Crippen LogP contribution in [0.25, 0.3) is 5.52 Å². The Balaban J connectivity index is 1.72. The van der Waals surface area contributed by atoms with Crippen molar-refractivity contribution >= 4 is 22.9 Å². The molecule has 0 bridgehead atoms. The van der Waals surface area contributed by atoms with Crippen LogP contribution in [0, 0.1) is 5.92 Å². The van der Waals surface area contributed by atoms with E-state index in [1.165, 1.54) is 0 Å². The van der Waals surface area contributed by atoms with Gasteiger partial charge in [-0.15, -0.1) is 0 Å². The van der Waals surface area contributed by atoms with Gasteiger partial charge in [0.25, 0.3) is 0 Å². The number of halogens is 3. The Morgan fingerprint density at radius 2 is 2.14 bits per heavy atom. The molecule has 0 atom stereocenters. The lowest BCUT2D eigenvalue weighted by molar-refractivity contribution is -0.0453. The van der Waals surface area contributed by atoms with E-state index in [9.17, 15) is 13.6 Å². The van der Waals surface area contributed by atoms with E-state index >= 15 is 0 Å². The lowest BCUT2D eigenvalue weighted by Gasteiger charge is -2.27. The molecule has 0 spiro atoms. The third-order valence-corrected chi connectivity index (χ3v) is 5.67. The fourth-order valence-corrected chi connectivity index (χ4v) is 4.04. The Labute approximate surface area is 169 Å². The van der Waals surface area contributed by atoms with Crippen LogP contribution in [0.4, 0.5) is 8.78 Å². The summed E-state index contributed by atoms with van der Waals surface area (Å²) in [5.41, 5.74) is 2.23. The Hall–Kier alpha value is -1.72. The molecule has 0 aromatic carbocycles. The van der Waals surface area contributed by atoms with Crippen molar-refractivity contribution in [2.24, 2.45) is 5.92 Å². The summed E-state index contributed by atoms with van der Waals surface area (Å²) >= 11 is 6.36. The summed E-state index contributed by atoms with van der Waals surface area (Å²) in [7, 11) is 0. The highest BCUT2D eigenvalue weighted by atomic mass is 35.5. The van der Waals surface area contributed by atoms with Crippen LogP contribution in [0.15, 0.2) is 36.5 Å². The zero-order valence-corrected chi connectivity index (χ0v) is 16.9. The molecule has 1 aliphatic carbocycles. The molecule has 0 radical (unpaired) electrons. The highest BCUT2D eigenvalue weighted by Gasteiger charge is 2.34. The van der Waals surface area contributed by atoms with Crippen molar-refractivity contribution in [1.29, 1.82) is 0 Å². The molecule has 0 amide bonds. The van der Waals surface area contributed by atoms with Gasteiger partial charge in [0, 0.05) is 43.3 Å². The standard InChI is InChI=1S/C22H26ClF2NO2/c1-2-28-14-10-17-15-18(21-19(23)6-4-13-26(17)21)20(27)7-3-5-16-8-11-22(24,25)12-9-16/h3-4,6-7,13,15-16H,2,5,8-12,14H2,1H3/b7-3+. The van der Waals surface area contributed by atoms with E-state index in [0.717, 1.165) is 5.69 Å². The Kier molecular flexibility index (Phi) is 6.89. The van der Waals surface area contributed by atoms with E-state index in [1.54, 1.807) is 12.1 Å². The lowest BCUT2D eigenvalue weighted by atomic mass is 9.84. The van der Waals surface area contributed by atoms with Crippen LogP contribution in [0.1, 0.15) is 55.1 Å². The predicted octanol–water partition coefficient (Wildman–Crippen LogP) is 6.13. The van der Waals surface area contributed by atoms with Crippen molar-refractivity contribution in [2.45, 2.75) is 51.4 Å². The first-order valence-electron chi connectivity index (χ1n) is 9.86. The summed E-state index contributed by atoms with van der Waals surface area (Å²) in [5, 5.41) is 0.524. The van der Waals surface area contributed by atoms with Crippen molar-refractivity contribution in [2.75, 3.05) is 13.2 Å². The first kappa shape index (κ1) is 21.0. The highest BCUT2D eigenvalue weighted by molar-refractivity contribution is 6.35. The number of carbonyl (C=O) groups excluding carboxylic acids is 1. The number of ether oxygens (including phenoxy) is 1. The third-order valence-electron chi connectivity index (χ3n) is 5.37. The van der Waals surface area contributed by atoms with Gasteiger partial charge >= 0.3 is 0 Å². The van der Waals surface area contributed by atoms with Gasteiger partial charge in [-0.1, -0.05) is 17.7 Å². The molecule has 1 saturated carbocycles. The summed E-state index contributed by atoms with van der Waals surface area (Å²) in [4.78, 5) is 12.8. The van der Waals surface area contributed by atoms with Gasteiger partial charge in [0.05, 0.1) is 17.1 Å². The molecule has 152 valence electrons. The molecule has 0 aliphatic heterocycles. The minimum absolute atomic E-state index is 0.0532. The van der Waals surface area contributed by atoms with E-state index in [4.69, 9.17) is 16.3 Å². The molecule has 1 fully saturated rings. The second-order valence-corrected chi connectivity index (χ2v) is 7.78. The van der Waals surface area contributed by atoms with Gasteiger partial charge in [-0.3, -0.25) is 4.79 Å². The van der Waals surface area contributed by atoms with Crippen LogP contribution < -0.4 is 0 Å². The molecular weight excluding hydrogens is 384 g/mol. The molecule has 3 nitrogen and oxygen atoms in total. The maximum Gasteiger partial charge on any atom is 0.248 e. The average molecular weight is 410 g/mol. The first-order chi connectivity index (χ1) is 13.4. The van der Waals surface area contributed by atoms with Crippen molar-refractivity contribution in [3.05, 3.63) is 52.8 Å². The molecule has 3 rings (SSSR count). The summed E-state index contributed by atoms with van der Waals surface area (Å²) in [6.07, 6.45) is 7.51. The molecule has 0 saturated heterocycles. The number of nitrogens with zero attached hydrogens (tertiary/aromatic N) is 1. The smallest absolute Gasteiger partial charge is 0.248 e. The summed E-state index contributed by atoms with van der Waals surface area (Å²) in [6.45, 7) is 3.16. The Morgan fingerprint density at radius 1 is 1.39 bits per heavy atom. The van der Waals surface area contributed by atoms with Crippen molar-refractivity contribution in [3.63, 3.8) is 0 Å². The van der Waals surface area contributed by atoms with Gasteiger partial charge in [0.1, 0.15) is 0 Å². The highest BCUT2D eigenvalue weighted by Crippen LogP contribution is 2.37. The van der Waals surface area contributed by atoms with Gasteiger partial charge in [-0.05, 0) is 56.4 Å². The number of carbonyl (C=O) groups is 1. The van der Waals surface area contributed by atoms with Gasteiger partial charge in [-0.25, -0.2) is 8.78 Å². The minimum Gasteiger partial charge on any atom is -0.381 e. The monoisotopic (exact) mass is 409 g/mol. The molecular formula is C22H26ClF2NO2. The normalized spacial score (nSPS) is 17.6. The second kappa shape index (κ2) is 9.19. The summed E-state index contributed by atoms with van der Waals surface area (Å²) < 4.78 is 33.9. The van der Waals surface area contributed by atoms with E-state index in [1.807, 2.05) is 35.7 Å². The van der Waals surface area contributed by atoms with Crippen LogP contribution in [-0.4, -0.2) is 29.3 Å². The number of alkyl halides is 2. The van der Waals surface area contributed by atoms with Crippen LogP contribution in [0.3, 0.4) is 0 Å². The zero-order chi connectivity index (χ0) is 20.1. The Bertz CT molecular complexity index is 850. The average Bonchev–Trinajstić information content (AvgIpc) is 3.03. The Morgan fingerprint density at radius 3 is 2.86 bits per heavy atom. The van der Waals surface area contributed by atoms with Gasteiger partial charge < -0.3 is 9.14 Å². The fraction of sp³-hybridized carbons (Fsp3) is 0.500. The quantitative estimate of drug-likeness (QED) is 0.298. The maximum absolute atomic E-state index is 13.3. The third kappa shape index (κ3) is 5.00. The van der Waals surface area contributed by atoms with Crippen molar-refractivity contribution < 1.29 is 18.3 Å². The molecule has 1 aliphatic rings. The maximum atomic E-state index is 13.3. The van der Waals surface area contributed by atoms with Gasteiger partial charge in [0.2, 0.25) is 5.92 Å². The number of hydrogen-bond acceptors (Lipinski definition) is 2. The number of hydrogen-bond donors (Lipinski definition) is 0. The molecule has 2 aromatic rings. The van der Waals surface area contributed by atoms with E-state index < -0.39 is 5.92 Å². The molecule has 6 heteroatoms. The number of fused-ring (bicyclic) bond motifs is 1. The number of aromatic nitrogens is 1. The first-order valence-corrected chi connectivity index (χ1v) is 10.2. The number of ketones is 1. The molecule has 0 N–H and O–H groups in total. The van der Waals surface area contributed by atoms with Crippen LogP contribution >= 0.6 is 11.6 Å². The van der Waals surface area contributed by atoms with Gasteiger partial charge in [0.15, 0.2) is 5.78 Å². The molecule has 2 heterocycles. The molecule has 2 aromatic heterocycles.